The van der Waals surface area contributed by atoms with Crippen molar-refractivity contribution in [3.8, 4) is 0 Å². The third kappa shape index (κ3) is 3.07. The summed E-state index contributed by atoms with van der Waals surface area (Å²) in [6, 6.07) is 11.2. The topological polar surface area (TPSA) is 26.0 Å². The van der Waals surface area contributed by atoms with Crippen LogP contribution in [0.4, 0.5) is 8.78 Å². The Morgan fingerprint density at radius 2 is 1.80 bits per heavy atom. The van der Waals surface area contributed by atoms with Crippen molar-refractivity contribution in [1.29, 1.82) is 0 Å². The second-order valence-corrected chi connectivity index (χ2v) is 5.82. The van der Waals surface area contributed by atoms with Gasteiger partial charge in [-0.3, -0.25) is 0 Å². The summed E-state index contributed by atoms with van der Waals surface area (Å²) < 4.78 is 28.6. The van der Waals surface area contributed by atoms with E-state index in [-0.39, 0.29) is 18.1 Å². The minimum atomic E-state index is -0.917. The predicted molar refractivity (Wildman–Crippen MR) is 80.4 cm³/mol. The van der Waals surface area contributed by atoms with Crippen LogP contribution in [-0.2, 0) is 12.0 Å². The van der Waals surface area contributed by atoms with Gasteiger partial charge in [-0.15, -0.1) is 0 Å². The molecule has 0 saturated carbocycles. The Kier molecular flexibility index (Phi) is 4.55. The summed E-state index contributed by atoms with van der Waals surface area (Å²) in [5, 5.41) is 0. The fourth-order valence-electron chi connectivity index (χ4n) is 2.28. The molecule has 2 N–H and O–H groups in total. The number of rotatable bonds is 4. The molecule has 1 atom stereocenters. The molecular weight excluding hydrogens is 324 g/mol. The fraction of sp³-hybridized carbons (Fsp3) is 0.250. The Balaban J connectivity index is 2.39. The van der Waals surface area contributed by atoms with E-state index in [1.54, 1.807) is 30.3 Å². The average molecular weight is 340 g/mol. The second kappa shape index (κ2) is 6.02. The maximum Gasteiger partial charge on any atom is 0.128 e. The molecule has 0 aliphatic carbocycles. The largest absolute Gasteiger partial charge is 0.321 e. The summed E-state index contributed by atoms with van der Waals surface area (Å²) in [5.41, 5.74) is 6.33. The highest BCUT2D eigenvalue weighted by molar-refractivity contribution is 9.10. The van der Waals surface area contributed by atoms with Gasteiger partial charge in [-0.25, -0.2) is 8.78 Å². The Labute approximate surface area is 125 Å². The highest BCUT2D eigenvalue weighted by Crippen LogP contribution is 2.30. The van der Waals surface area contributed by atoms with Gasteiger partial charge in [-0.2, -0.15) is 0 Å². The SMILES string of the molecule is CCC(N)(Cc1ccc(Br)cc1F)c1ccccc1F. The molecule has 0 bridgehead atoms. The van der Waals surface area contributed by atoms with Crippen molar-refractivity contribution in [2.24, 2.45) is 5.73 Å². The lowest BCUT2D eigenvalue weighted by Gasteiger charge is -2.29. The Morgan fingerprint density at radius 1 is 1.10 bits per heavy atom. The minimum absolute atomic E-state index is 0.254. The monoisotopic (exact) mass is 339 g/mol. The number of nitrogens with two attached hydrogens (primary N) is 1. The van der Waals surface area contributed by atoms with Crippen molar-refractivity contribution in [2.45, 2.75) is 25.3 Å². The Hall–Kier alpha value is -1.26. The van der Waals surface area contributed by atoms with Gasteiger partial charge in [0.25, 0.3) is 0 Å². The molecular formula is C16H16BrF2N. The van der Waals surface area contributed by atoms with E-state index in [0.29, 0.717) is 22.0 Å². The van der Waals surface area contributed by atoms with Gasteiger partial charge in [0.2, 0.25) is 0 Å². The van der Waals surface area contributed by atoms with E-state index in [0.717, 1.165) is 0 Å². The van der Waals surface area contributed by atoms with Crippen LogP contribution in [0.15, 0.2) is 46.9 Å². The Morgan fingerprint density at radius 3 is 2.40 bits per heavy atom. The van der Waals surface area contributed by atoms with Crippen LogP contribution in [0.1, 0.15) is 24.5 Å². The van der Waals surface area contributed by atoms with Crippen LogP contribution < -0.4 is 5.73 Å². The molecule has 20 heavy (non-hydrogen) atoms. The summed E-state index contributed by atoms with van der Waals surface area (Å²) in [4.78, 5) is 0. The first-order valence-corrected chi connectivity index (χ1v) is 7.23. The van der Waals surface area contributed by atoms with Crippen LogP contribution in [0.3, 0.4) is 0 Å². The van der Waals surface area contributed by atoms with Crippen molar-refractivity contribution in [1.82, 2.24) is 0 Å². The van der Waals surface area contributed by atoms with Crippen LogP contribution in [0.25, 0.3) is 0 Å². The second-order valence-electron chi connectivity index (χ2n) is 4.90. The van der Waals surface area contributed by atoms with Gasteiger partial charge in [-0.05, 0) is 36.6 Å². The number of hydrogen-bond donors (Lipinski definition) is 1. The van der Waals surface area contributed by atoms with Gasteiger partial charge in [-0.1, -0.05) is 47.1 Å². The van der Waals surface area contributed by atoms with E-state index in [2.05, 4.69) is 15.9 Å². The first-order valence-electron chi connectivity index (χ1n) is 6.44. The lowest BCUT2D eigenvalue weighted by atomic mass is 9.82. The normalized spacial score (nSPS) is 14.1. The van der Waals surface area contributed by atoms with Gasteiger partial charge in [0.1, 0.15) is 11.6 Å². The number of benzene rings is 2. The molecule has 2 aromatic rings. The van der Waals surface area contributed by atoms with Crippen LogP contribution in [0, 0.1) is 11.6 Å². The third-order valence-corrected chi connectivity index (χ3v) is 4.06. The van der Waals surface area contributed by atoms with Gasteiger partial charge < -0.3 is 5.73 Å². The lowest BCUT2D eigenvalue weighted by molar-refractivity contribution is 0.396. The minimum Gasteiger partial charge on any atom is -0.321 e. The van der Waals surface area contributed by atoms with Crippen molar-refractivity contribution in [3.63, 3.8) is 0 Å². The van der Waals surface area contributed by atoms with Crippen molar-refractivity contribution in [3.05, 3.63) is 69.7 Å². The predicted octanol–water partition coefficient (Wildman–Crippen LogP) is 4.53. The zero-order valence-electron chi connectivity index (χ0n) is 11.2. The maximum absolute atomic E-state index is 14.0. The molecule has 0 amide bonds. The van der Waals surface area contributed by atoms with Crippen molar-refractivity contribution >= 4 is 15.9 Å². The quantitative estimate of drug-likeness (QED) is 0.869. The average Bonchev–Trinajstić information content (AvgIpc) is 2.42. The molecule has 0 aliphatic heterocycles. The van der Waals surface area contributed by atoms with E-state index in [1.165, 1.54) is 12.1 Å². The molecule has 0 aromatic heterocycles. The van der Waals surface area contributed by atoms with E-state index in [1.807, 2.05) is 6.92 Å². The summed E-state index contributed by atoms with van der Waals surface area (Å²) in [5.74, 6) is -0.687. The van der Waals surface area contributed by atoms with E-state index >= 15 is 0 Å². The molecule has 0 fully saturated rings. The number of hydrogen-bond acceptors (Lipinski definition) is 1. The zero-order valence-corrected chi connectivity index (χ0v) is 12.8. The highest BCUT2D eigenvalue weighted by Gasteiger charge is 2.29. The summed E-state index contributed by atoms with van der Waals surface area (Å²) in [6.45, 7) is 1.88. The molecule has 0 saturated heterocycles. The smallest absolute Gasteiger partial charge is 0.128 e. The molecule has 0 heterocycles. The van der Waals surface area contributed by atoms with Crippen molar-refractivity contribution in [2.75, 3.05) is 0 Å². The first kappa shape index (κ1) is 15.1. The summed E-state index contributed by atoms with van der Waals surface area (Å²) in [6.07, 6.45) is 0.771. The summed E-state index contributed by atoms with van der Waals surface area (Å²) >= 11 is 3.22. The van der Waals surface area contributed by atoms with Crippen molar-refractivity contribution < 1.29 is 8.78 Å². The number of halogens is 3. The maximum atomic E-state index is 14.0. The zero-order chi connectivity index (χ0) is 14.8. The van der Waals surface area contributed by atoms with E-state index in [9.17, 15) is 8.78 Å². The summed E-state index contributed by atoms with van der Waals surface area (Å²) in [7, 11) is 0. The molecule has 0 aliphatic rings. The molecule has 1 unspecified atom stereocenters. The van der Waals surface area contributed by atoms with Crippen LogP contribution >= 0.6 is 15.9 Å². The third-order valence-electron chi connectivity index (χ3n) is 3.56. The molecule has 0 spiro atoms. The Bertz CT molecular complexity index is 615. The standard InChI is InChI=1S/C16H16BrF2N/c1-2-16(20,13-5-3-4-6-14(13)18)10-11-7-8-12(17)9-15(11)19/h3-9H,2,10,20H2,1H3. The molecule has 4 heteroatoms. The molecule has 0 radical (unpaired) electrons. The van der Waals surface area contributed by atoms with E-state index in [4.69, 9.17) is 5.73 Å². The molecule has 2 rings (SSSR count). The van der Waals surface area contributed by atoms with Gasteiger partial charge in [0.05, 0.1) is 0 Å². The fourth-order valence-corrected chi connectivity index (χ4v) is 2.61. The molecule has 2 aromatic carbocycles. The first-order chi connectivity index (χ1) is 9.46. The van der Waals surface area contributed by atoms with Gasteiger partial charge in [0.15, 0.2) is 0 Å². The van der Waals surface area contributed by atoms with E-state index < -0.39 is 5.54 Å². The van der Waals surface area contributed by atoms with Crippen LogP contribution in [-0.4, -0.2) is 0 Å². The van der Waals surface area contributed by atoms with Crippen LogP contribution in [0.5, 0.6) is 0 Å². The molecule has 1 nitrogen and oxygen atoms in total. The van der Waals surface area contributed by atoms with Gasteiger partial charge in [0, 0.05) is 15.6 Å². The van der Waals surface area contributed by atoms with Gasteiger partial charge >= 0.3 is 0 Å². The van der Waals surface area contributed by atoms with Crippen LogP contribution in [0.2, 0.25) is 0 Å². The highest BCUT2D eigenvalue weighted by atomic mass is 79.9. The lowest BCUT2D eigenvalue weighted by Crippen LogP contribution is -2.39. The molecule has 106 valence electrons.